The first kappa shape index (κ1) is 10.4. The van der Waals surface area contributed by atoms with Crippen LogP contribution in [-0.4, -0.2) is 30.7 Å². The molecular formula is C7H16N2O2. The summed E-state index contributed by atoms with van der Waals surface area (Å²) in [4.78, 5) is 10.5. The van der Waals surface area contributed by atoms with Crippen LogP contribution in [0.3, 0.4) is 0 Å². The summed E-state index contributed by atoms with van der Waals surface area (Å²) in [5.74, 6) is -0.421. The van der Waals surface area contributed by atoms with E-state index in [4.69, 9.17) is 10.8 Å². The molecule has 0 aliphatic carbocycles. The number of hydrogen-bond acceptors (Lipinski definition) is 3. The molecule has 0 saturated carbocycles. The molecule has 66 valence electrons. The fraction of sp³-hybridized carbons (Fsp3) is 0.857. The van der Waals surface area contributed by atoms with E-state index in [2.05, 4.69) is 5.32 Å². The molecule has 0 spiro atoms. The fourth-order valence-electron chi connectivity index (χ4n) is 0.623. The van der Waals surface area contributed by atoms with Crippen LogP contribution in [-0.2, 0) is 4.79 Å². The molecule has 4 heteroatoms. The lowest BCUT2D eigenvalue weighted by Crippen LogP contribution is -2.31. The molecule has 0 bridgehead atoms. The van der Waals surface area contributed by atoms with Crippen molar-refractivity contribution < 1.29 is 9.90 Å². The zero-order valence-electron chi connectivity index (χ0n) is 6.84. The van der Waals surface area contributed by atoms with E-state index in [1.54, 1.807) is 6.92 Å². The Morgan fingerprint density at radius 1 is 1.73 bits per heavy atom. The Kier molecular flexibility index (Phi) is 5.78. The van der Waals surface area contributed by atoms with Crippen LogP contribution in [0.4, 0.5) is 0 Å². The van der Waals surface area contributed by atoms with Crippen LogP contribution in [0.2, 0.25) is 0 Å². The summed E-state index contributed by atoms with van der Waals surface area (Å²) in [6, 6.07) is 0. The number of aliphatic hydroxyl groups excluding tert-OH is 1. The first-order valence-electron chi connectivity index (χ1n) is 3.79. The number of carbonyl (C=O) groups excluding carboxylic acids is 1. The Morgan fingerprint density at radius 2 is 2.36 bits per heavy atom. The second-order valence-corrected chi connectivity index (χ2v) is 2.58. The first-order valence-corrected chi connectivity index (χ1v) is 3.79. The molecule has 0 aromatic carbocycles. The zero-order valence-corrected chi connectivity index (χ0v) is 6.84. The molecule has 0 fully saturated rings. The monoisotopic (exact) mass is 160 g/mol. The number of rotatable bonds is 6. The molecule has 0 aromatic heterocycles. The number of hydrogen-bond donors (Lipinski definition) is 3. The first-order chi connectivity index (χ1) is 5.18. The number of nitrogens with two attached hydrogens (primary N) is 1. The summed E-state index contributed by atoms with van der Waals surface area (Å²) >= 11 is 0. The van der Waals surface area contributed by atoms with Crippen molar-refractivity contribution in [1.82, 2.24) is 5.32 Å². The molecule has 0 aliphatic heterocycles. The SMILES string of the molecule is CC(CNCCCO)C(N)=O. The average molecular weight is 160 g/mol. The van der Waals surface area contributed by atoms with E-state index in [9.17, 15) is 4.79 Å². The Morgan fingerprint density at radius 3 is 2.82 bits per heavy atom. The van der Waals surface area contributed by atoms with Crippen LogP contribution in [0.5, 0.6) is 0 Å². The summed E-state index contributed by atoms with van der Waals surface area (Å²) in [5.41, 5.74) is 5.02. The van der Waals surface area contributed by atoms with Crippen molar-refractivity contribution in [3.63, 3.8) is 0 Å². The van der Waals surface area contributed by atoms with Crippen molar-refractivity contribution in [2.45, 2.75) is 13.3 Å². The van der Waals surface area contributed by atoms with Gasteiger partial charge in [0.05, 0.1) is 0 Å². The van der Waals surface area contributed by atoms with Crippen LogP contribution in [0.25, 0.3) is 0 Å². The number of nitrogens with one attached hydrogen (secondary N) is 1. The van der Waals surface area contributed by atoms with Gasteiger partial charge in [0.15, 0.2) is 0 Å². The van der Waals surface area contributed by atoms with Gasteiger partial charge in [-0.15, -0.1) is 0 Å². The van der Waals surface area contributed by atoms with Gasteiger partial charge >= 0.3 is 0 Å². The molecule has 0 aromatic rings. The van der Waals surface area contributed by atoms with E-state index in [0.29, 0.717) is 13.0 Å². The van der Waals surface area contributed by atoms with Gasteiger partial charge in [0, 0.05) is 19.1 Å². The summed E-state index contributed by atoms with van der Waals surface area (Å²) in [6.45, 7) is 3.27. The second kappa shape index (κ2) is 6.12. The Hall–Kier alpha value is -0.610. The maximum absolute atomic E-state index is 10.5. The van der Waals surface area contributed by atoms with E-state index in [1.165, 1.54) is 0 Å². The van der Waals surface area contributed by atoms with Gasteiger partial charge in [-0.25, -0.2) is 0 Å². The zero-order chi connectivity index (χ0) is 8.69. The Bertz CT molecular complexity index is 117. The highest BCUT2D eigenvalue weighted by Crippen LogP contribution is 1.88. The van der Waals surface area contributed by atoms with Crippen molar-refractivity contribution in [2.24, 2.45) is 11.7 Å². The van der Waals surface area contributed by atoms with E-state index >= 15 is 0 Å². The molecule has 1 amide bonds. The van der Waals surface area contributed by atoms with Crippen LogP contribution in [0.1, 0.15) is 13.3 Å². The van der Waals surface area contributed by atoms with Gasteiger partial charge in [-0.05, 0) is 13.0 Å². The molecule has 11 heavy (non-hydrogen) atoms. The number of amides is 1. The normalized spacial score (nSPS) is 12.9. The largest absolute Gasteiger partial charge is 0.396 e. The predicted molar refractivity (Wildman–Crippen MR) is 42.9 cm³/mol. The quantitative estimate of drug-likeness (QED) is 0.440. The van der Waals surface area contributed by atoms with Crippen molar-refractivity contribution in [1.29, 1.82) is 0 Å². The van der Waals surface area contributed by atoms with Gasteiger partial charge in [0.2, 0.25) is 5.91 Å². The van der Waals surface area contributed by atoms with E-state index in [-0.39, 0.29) is 18.4 Å². The third-order valence-corrected chi connectivity index (χ3v) is 1.45. The van der Waals surface area contributed by atoms with Gasteiger partial charge in [0.1, 0.15) is 0 Å². The third kappa shape index (κ3) is 5.82. The van der Waals surface area contributed by atoms with E-state index < -0.39 is 0 Å². The summed E-state index contributed by atoms with van der Waals surface area (Å²) in [5, 5.41) is 11.4. The fourth-order valence-corrected chi connectivity index (χ4v) is 0.623. The minimum absolute atomic E-state index is 0.131. The molecule has 0 aliphatic rings. The van der Waals surface area contributed by atoms with E-state index in [1.807, 2.05) is 0 Å². The Labute approximate surface area is 66.8 Å². The summed E-state index contributed by atoms with van der Waals surface area (Å²) < 4.78 is 0. The summed E-state index contributed by atoms with van der Waals surface area (Å²) in [6.07, 6.45) is 0.714. The minimum Gasteiger partial charge on any atom is -0.396 e. The summed E-state index contributed by atoms with van der Waals surface area (Å²) in [7, 11) is 0. The molecule has 0 saturated heterocycles. The van der Waals surface area contributed by atoms with Gasteiger partial charge < -0.3 is 16.2 Å². The molecule has 1 atom stereocenters. The minimum atomic E-state index is -0.290. The topological polar surface area (TPSA) is 75.3 Å². The standard InChI is InChI=1S/C7H16N2O2/c1-6(7(8)11)5-9-3-2-4-10/h6,9-10H,2-5H2,1H3,(H2,8,11). The number of aliphatic hydroxyl groups is 1. The van der Waals surface area contributed by atoms with Crippen LogP contribution < -0.4 is 11.1 Å². The van der Waals surface area contributed by atoms with Crippen molar-refractivity contribution >= 4 is 5.91 Å². The number of carbonyl (C=O) groups is 1. The third-order valence-electron chi connectivity index (χ3n) is 1.45. The van der Waals surface area contributed by atoms with Gasteiger partial charge in [-0.1, -0.05) is 6.92 Å². The molecule has 4 nitrogen and oxygen atoms in total. The second-order valence-electron chi connectivity index (χ2n) is 2.58. The molecular weight excluding hydrogens is 144 g/mol. The highest BCUT2D eigenvalue weighted by atomic mass is 16.3. The molecule has 4 N–H and O–H groups in total. The van der Waals surface area contributed by atoms with Gasteiger partial charge in [-0.2, -0.15) is 0 Å². The smallest absolute Gasteiger partial charge is 0.221 e. The highest BCUT2D eigenvalue weighted by molar-refractivity contribution is 5.76. The molecule has 0 heterocycles. The van der Waals surface area contributed by atoms with E-state index in [0.717, 1.165) is 6.54 Å². The van der Waals surface area contributed by atoms with Crippen LogP contribution >= 0.6 is 0 Å². The molecule has 1 unspecified atom stereocenters. The maximum atomic E-state index is 10.5. The lowest BCUT2D eigenvalue weighted by molar-refractivity contribution is -0.121. The van der Waals surface area contributed by atoms with Crippen molar-refractivity contribution in [3.05, 3.63) is 0 Å². The lowest BCUT2D eigenvalue weighted by Gasteiger charge is -2.07. The molecule has 0 radical (unpaired) electrons. The highest BCUT2D eigenvalue weighted by Gasteiger charge is 2.06. The van der Waals surface area contributed by atoms with Crippen molar-refractivity contribution in [2.75, 3.05) is 19.7 Å². The van der Waals surface area contributed by atoms with Gasteiger partial charge in [0.25, 0.3) is 0 Å². The van der Waals surface area contributed by atoms with Gasteiger partial charge in [-0.3, -0.25) is 4.79 Å². The maximum Gasteiger partial charge on any atom is 0.221 e. The predicted octanol–water partition coefficient (Wildman–Crippen LogP) is -0.920. The Balaban J connectivity index is 3.17. The van der Waals surface area contributed by atoms with Crippen LogP contribution in [0, 0.1) is 5.92 Å². The van der Waals surface area contributed by atoms with Crippen molar-refractivity contribution in [3.8, 4) is 0 Å². The molecule has 0 rings (SSSR count). The van der Waals surface area contributed by atoms with Crippen LogP contribution in [0.15, 0.2) is 0 Å². The lowest BCUT2D eigenvalue weighted by atomic mass is 10.2. The number of primary amides is 1. The average Bonchev–Trinajstić information content (AvgIpc) is 1.97.